The van der Waals surface area contributed by atoms with E-state index in [1.807, 2.05) is 6.07 Å². The maximum Gasteiger partial charge on any atom is 0.0519 e. The third-order valence-electron chi connectivity index (χ3n) is 3.43. The Morgan fingerprint density at radius 2 is 1.89 bits per heavy atom. The minimum Gasteiger partial charge on any atom is -0.399 e. The maximum atomic E-state index is 5.82. The molecular formula is C15H15BrN2. The molecule has 1 unspecified atom stereocenters. The summed E-state index contributed by atoms with van der Waals surface area (Å²) in [4.78, 5) is 0. The first-order valence-electron chi connectivity index (χ1n) is 6.13. The minimum absolute atomic E-state index is 0.404. The zero-order chi connectivity index (χ0) is 12.5. The number of nitrogens with one attached hydrogen (secondary N) is 1. The Kier molecular flexibility index (Phi) is 3.00. The topological polar surface area (TPSA) is 38.0 Å². The average Bonchev–Trinajstić information content (AvgIpc) is 2.74. The lowest BCUT2D eigenvalue weighted by atomic mass is 10.1. The van der Waals surface area contributed by atoms with Crippen LogP contribution in [-0.2, 0) is 6.42 Å². The van der Waals surface area contributed by atoms with Gasteiger partial charge in [-0.1, -0.05) is 22.0 Å². The van der Waals surface area contributed by atoms with Crippen LogP contribution in [0, 0.1) is 0 Å². The van der Waals surface area contributed by atoms with Crippen molar-refractivity contribution in [3.05, 3.63) is 58.1 Å². The van der Waals surface area contributed by atoms with Gasteiger partial charge in [0, 0.05) is 15.8 Å². The number of aryl methyl sites for hydroxylation is 1. The zero-order valence-corrected chi connectivity index (χ0v) is 11.6. The van der Waals surface area contributed by atoms with Gasteiger partial charge in [-0.3, -0.25) is 0 Å². The van der Waals surface area contributed by atoms with E-state index in [4.69, 9.17) is 5.73 Å². The largest absolute Gasteiger partial charge is 0.399 e. The lowest BCUT2D eigenvalue weighted by molar-refractivity contribution is 0.762. The fourth-order valence-electron chi connectivity index (χ4n) is 2.53. The van der Waals surface area contributed by atoms with Crippen LogP contribution in [0.3, 0.4) is 0 Å². The Morgan fingerprint density at radius 1 is 1.11 bits per heavy atom. The molecule has 0 fully saturated rings. The lowest BCUT2D eigenvalue weighted by Crippen LogP contribution is -2.06. The molecule has 0 saturated carbocycles. The molecule has 0 amide bonds. The van der Waals surface area contributed by atoms with Crippen molar-refractivity contribution in [1.82, 2.24) is 0 Å². The van der Waals surface area contributed by atoms with E-state index in [1.54, 1.807) is 0 Å². The van der Waals surface area contributed by atoms with Crippen LogP contribution < -0.4 is 11.1 Å². The van der Waals surface area contributed by atoms with Gasteiger partial charge in [0.2, 0.25) is 0 Å². The summed E-state index contributed by atoms with van der Waals surface area (Å²) in [5, 5.41) is 3.58. The van der Waals surface area contributed by atoms with Gasteiger partial charge in [-0.15, -0.1) is 0 Å². The van der Waals surface area contributed by atoms with Crippen LogP contribution in [0.25, 0.3) is 0 Å². The molecule has 3 heteroatoms. The molecule has 0 radical (unpaired) electrons. The molecule has 0 saturated heterocycles. The molecule has 92 valence electrons. The second kappa shape index (κ2) is 4.65. The summed E-state index contributed by atoms with van der Waals surface area (Å²) in [5.41, 5.74) is 10.6. The Hall–Kier alpha value is -1.48. The van der Waals surface area contributed by atoms with Gasteiger partial charge in [0.25, 0.3) is 0 Å². The highest BCUT2D eigenvalue weighted by Crippen LogP contribution is 2.34. The van der Waals surface area contributed by atoms with Gasteiger partial charge in [0.1, 0.15) is 0 Å². The van der Waals surface area contributed by atoms with Crippen molar-refractivity contribution < 1.29 is 0 Å². The van der Waals surface area contributed by atoms with Gasteiger partial charge < -0.3 is 11.1 Å². The molecule has 1 aliphatic carbocycles. The molecule has 0 aliphatic heterocycles. The van der Waals surface area contributed by atoms with Crippen LogP contribution in [0.2, 0.25) is 0 Å². The molecule has 2 aromatic rings. The fourth-order valence-corrected chi connectivity index (χ4v) is 2.80. The number of fused-ring (bicyclic) bond motifs is 1. The van der Waals surface area contributed by atoms with E-state index < -0.39 is 0 Å². The number of nitrogen functional groups attached to an aromatic ring is 1. The van der Waals surface area contributed by atoms with Crippen molar-refractivity contribution in [2.45, 2.75) is 18.9 Å². The van der Waals surface area contributed by atoms with Crippen molar-refractivity contribution in [2.24, 2.45) is 0 Å². The monoisotopic (exact) mass is 302 g/mol. The van der Waals surface area contributed by atoms with Gasteiger partial charge in [-0.05, 0) is 60.4 Å². The van der Waals surface area contributed by atoms with Crippen LogP contribution in [0.4, 0.5) is 11.4 Å². The summed E-state index contributed by atoms with van der Waals surface area (Å²) in [6, 6.07) is 14.9. The van der Waals surface area contributed by atoms with Crippen molar-refractivity contribution in [1.29, 1.82) is 0 Å². The Morgan fingerprint density at radius 3 is 2.67 bits per heavy atom. The summed E-state index contributed by atoms with van der Waals surface area (Å²) in [6.45, 7) is 0. The highest BCUT2D eigenvalue weighted by molar-refractivity contribution is 9.10. The molecule has 0 bridgehead atoms. The van der Waals surface area contributed by atoms with E-state index in [-0.39, 0.29) is 0 Å². The second-order valence-corrected chi connectivity index (χ2v) is 5.62. The van der Waals surface area contributed by atoms with Crippen LogP contribution in [0.5, 0.6) is 0 Å². The van der Waals surface area contributed by atoms with Crippen LogP contribution >= 0.6 is 15.9 Å². The standard InChI is InChI=1S/C15H15BrN2/c16-11-2-5-13(6-3-11)18-15-8-1-10-9-12(17)4-7-14(10)15/h2-7,9,15,18H,1,8,17H2. The van der Waals surface area contributed by atoms with E-state index in [0.29, 0.717) is 6.04 Å². The summed E-state index contributed by atoms with van der Waals surface area (Å²) in [5.74, 6) is 0. The molecule has 3 rings (SSSR count). The minimum atomic E-state index is 0.404. The molecule has 2 aromatic carbocycles. The predicted molar refractivity (Wildman–Crippen MR) is 79.7 cm³/mol. The molecule has 1 aliphatic rings. The van der Waals surface area contributed by atoms with Crippen molar-refractivity contribution in [3.8, 4) is 0 Å². The summed E-state index contributed by atoms with van der Waals surface area (Å²) in [7, 11) is 0. The normalized spacial score (nSPS) is 17.5. The maximum absolute atomic E-state index is 5.82. The molecular weight excluding hydrogens is 288 g/mol. The Bertz CT molecular complexity index is 563. The number of benzene rings is 2. The van der Waals surface area contributed by atoms with E-state index in [1.165, 1.54) is 11.1 Å². The van der Waals surface area contributed by atoms with Gasteiger partial charge >= 0.3 is 0 Å². The summed E-state index contributed by atoms with van der Waals surface area (Å²) in [6.07, 6.45) is 2.24. The highest BCUT2D eigenvalue weighted by atomic mass is 79.9. The van der Waals surface area contributed by atoms with E-state index in [0.717, 1.165) is 28.7 Å². The molecule has 0 spiro atoms. The SMILES string of the molecule is Nc1ccc2c(c1)CCC2Nc1ccc(Br)cc1. The van der Waals surface area contributed by atoms with Gasteiger partial charge in [-0.2, -0.15) is 0 Å². The quantitative estimate of drug-likeness (QED) is 0.819. The number of hydrogen-bond acceptors (Lipinski definition) is 2. The number of anilines is 2. The third-order valence-corrected chi connectivity index (χ3v) is 3.96. The first-order valence-corrected chi connectivity index (χ1v) is 6.92. The van der Waals surface area contributed by atoms with Gasteiger partial charge in [0.05, 0.1) is 6.04 Å². The van der Waals surface area contributed by atoms with E-state index >= 15 is 0 Å². The molecule has 18 heavy (non-hydrogen) atoms. The van der Waals surface area contributed by atoms with Crippen molar-refractivity contribution >= 4 is 27.3 Å². The van der Waals surface area contributed by atoms with Crippen LogP contribution in [-0.4, -0.2) is 0 Å². The number of halogens is 1. The number of hydrogen-bond donors (Lipinski definition) is 2. The predicted octanol–water partition coefficient (Wildman–Crippen LogP) is 4.13. The summed E-state index contributed by atoms with van der Waals surface area (Å²) < 4.78 is 1.10. The molecule has 0 heterocycles. The first kappa shape index (κ1) is 11.6. The Balaban J connectivity index is 1.82. The fraction of sp³-hybridized carbons (Fsp3) is 0.200. The number of nitrogens with two attached hydrogens (primary N) is 1. The van der Waals surface area contributed by atoms with Crippen molar-refractivity contribution in [2.75, 3.05) is 11.1 Å². The molecule has 2 nitrogen and oxygen atoms in total. The smallest absolute Gasteiger partial charge is 0.0519 e. The molecule has 3 N–H and O–H groups in total. The highest BCUT2D eigenvalue weighted by Gasteiger charge is 2.22. The third kappa shape index (κ3) is 2.23. The second-order valence-electron chi connectivity index (χ2n) is 4.70. The van der Waals surface area contributed by atoms with Crippen LogP contribution in [0.1, 0.15) is 23.6 Å². The zero-order valence-electron chi connectivity index (χ0n) is 9.99. The average molecular weight is 303 g/mol. The molecule has 0 aromatic heterocycles. The van der Waals surface area contributed by atoms with Crippen molar-refractivity contribution in [3.63, 3.8) is 0 Å². The van der Waals surface area contributed by atoms with E-state index in [2.05, 4.69) is 57.6 Å². The summed E-state index contributed by atoms with van der Waals surface area (Å²) >= 11 is 3.45. The van der Waals surface area contributed by atoms with Gasteiger partial charge in [-0.25, -0.2) is 0 Å². The Labute approximate surface area is 115 Å². The van der Waals surface area contributed by atoms with Gasteiger partial charge in [0.15, 0.2) is 0 Å². The van der Waals surface area contributed by atoms with Crippen LogP contribution in [0.15, 0.2) is 46.9 Å². The van der Waals surface area contributed by atoms with E-state index in [9.17, 15) is 0 Å². The number of rotatable bonds is 2. The lowest BCUT2D eigenvalue weighted by Gasteiger charge is -2.15. The first-order chi connectivity index (χ1) is 8.72. The molecule has 1 atom stereocenters.